The summed E-state index contributed by atoms with van der Waals surface area (Å²) in [6.45, 7) is 0.388. The van der Waals surface area contributed by atoms with Gasteiger partial charge in [0.05, 0.1) is 15.8 Å². The van der Waals surface area contributed by atoms with Crippen LogP contribution in [-0.2, 0) is 21.4 Å². The molecule has 0 fully saturated rings. The maximum absolute atomic E-state index is 12.8. The molecule has 142 valence electrons. The summed E-state index contributed by atoms with van der Waals surface area (Å²) in [5.74, 6) is 0.412. The SMILES string of the molecule is CSCCC(NS(=O)(=O)c1ccccc1)C(=O)N(C)Cc1ccc(Cl)s1. The summed E-state index contributed by atoms with van der Waals surface area (Å²) in [4.78, 5) is 15.5. The van der Waals surface area contributed by atoms with Crippen molar-refractivity contribution in [2.24, 2.45) is 0 Å². The predicted molar refractivity (Wildman–Crippen MR) is 109 cm³/mol. The smallest absolute Gasteiger partial charge is 0.241 e. The first kappa shape index (κ1) is 21.2. The molecule has 1 aromatic heterocycles. The van der Waals surface area contributed by atoms with Crippen molar-refractivity contribution in [3.8, 4) is 0 Å². The van der Waals surface area contributed by atoms with Crippen LogP contribution >= 0.6 is 34.7 Å². The number of thioether (sulfide) groups is 1. The Morgan fingerprint density at radius 2 is 1.96 bits per heavy atom. The molecule has 0 bridgehead atoms. The molecular weight excluding hydrogens is 412 g/mol. The Morgan fingerprint density at radius 1 is 1.27 bits per heavy atom. The zero-order valence-electron chi connectivity index (χ0n) is 14.5. The quantitative estimate of drug-likeness (QED) is 0.658. The highest BCUT2D eigenvalue weighted by atomic mass is 35.5. The highest BCUT2D eigenvalue weighted by Crippen LogP contribution is 2.23. The van der Waals surface area contributed by atoms with E-state index in [1.165, 1.54) is 28.4 Å². The third-order valence-corrected chi connectivity index (χ3v) is 7.01. The van der Waals surface area contributed by atoms with E-state index in [1.807, 2.05) is 12.3 Å². The number of hydrogen-bond acceptors (Lipinski definition) is 5. The number of nitrogens with one attached hydrogen (secondary N) is 1. The number of benzene rings is 1. The lowest BCUT2D eigenvalue weighted by Gasteiger charge is -2.24. The van der Waals surface area contributed by atoms with Gasteiger partial charge in [-0.15, -0.1) is 11.3 Å². The van der Waals surface area contributed by atoms with Gasteiger partial charge in [-0.3, -0.25) is 4.79 Å². The number of sulfonamides is 1. The van der Waals surface area contributed by atoms with Crippen molar-refractivity contribution in [3.63, 3.8) is 0 Å². The van der Waals surface area contributed by atoms with Crippen molar-refractivity contribution < 1.29 is 13.2 Å². The van der Waals surface area contributed by atoms with E-state index in [-0.39, 0.29) is 10.8 Å². The molecule has 5 nitrogen and oxygen atoms in total. The van der Waals surface area contributed by atoms with Crippen LogP contribution in [0.25, 0.3) is 0 Å². The second kappa shape index (κ2) is 9.75. The highest BCUT2D eigenvalue weighted by Gasteiger charge is 2.27. The Balaban J connectivity index is 2.13. The number of carbonyl (C=O) groups is 1. The van der Waals surface area contributed by atoms with E-state index in [1.54, 1.807) is 43.1 Å². The molecule has 0 aliphatic rings. The van der Waals surface area contributed by atoms with Gasteiger partial charge in [0.1, 0.15) is 6.04 Å². The van der Waals surface area contributed by atoms with Gasteiger partial charge in [0.15, 0.2) is 0 Å². The third-order valence-electron chi connectivity index (χ3n) is 3.66. The fraction of sp³-hybridized carbons (Fsp3) is 0.353. The lowest BCUT2D eigenvalue weighted by Crippen LogP contribution is -2.47. The van der Waals surface area contributed by atoms with Crippen LogP contribution in [0.2, 0.25) is 4.34 Å². The number of nitrogens with zero attached hydrogens (tertiary/aromatic N) is 1. The van der Waals surface area contributed by atoms with Gasteiger partial charge in [-0.2, -0.15) is 16.5 Å². The molecule has 2 rings (SSSR count). The maximum atomic E-state index is 12.8. The first-order chi connectivity index (χ1) is 12.3. The number of amides is 1. The molecule has 1 amide bonds. The van der Waals surface area contributed by atoms with Crippen molar-refractivity contribution >= 4 is 50.6 Å². The summed E-state index contributed by atoms with van der Waals surface area (Å²) in [7, 11) is -2.10. The Labute approximate surface area is 167 Å². The van der Waals surface area contributed by atoms with E-state index < -0.39 is 16.1 Å². The number of halogens is 1. The van der Waals surface area contributed by atoms with Gasteiger partial charge in [0.25, 0.3) is 0 Å². The maximum Gasteiger partial charge on any atom is 0.241 e. The number of thiophene rings is 1. The molecule has 9 heteroatoms. The van der Waals surface area contributed by atoms with Crippen molar-refractivity contribution in [2.75, 3.05) is 19.1 Å². The van der Waals surface area contributed by atoms with Crippen LogP contribution in [0.1, 0.15) is 11.3 Å². The molecule has 1 aromatic carbocycles. The van der Waals surface area contributed by atoms with Gasteiger partial charge in [-0.05, 0) is 42.7 Å². The Morgan fingerprint density at radius 3 is 2.54 bits per heavy atom. The number of carbonyl (C=O) groups excluding carboxylic acids is 1. The predicted octanol–water partition coefficient (Wildman–Crippen LogP) is 3.46. The lowest BCUT2D eigenvalue weighted by molar-refractivity contribution is -0.132. The molecule has 0 radical (unpaired) electrons. The topological polar surface area (TPSA) is 66.5 Å². The minimum absolute atomic E-state index is 0.148. The van der Waals surface area contributed by atoms with Crippen LogP contribution in [0.5, 0.6) is 0 Å². The molecule has 0 spiro atoms. The molecule has 0 aliphatic heterocycles. The molecule has 0 saturated heterocycles. The van der Waals surface area contributed by atoms with Gasteiger partial charge < -0.3 is 4.90 Å². The summed E-state index contributed by atoms with van der Waals surface area (Å²) in [6, 6.07) is 10.9. The zero-order valence-corrected chi connectivity index (χ0v) is 17.7. The molecule has 0 aliphatic carbocycles. The average molecular weight is 433 g/mol. The lowest BCUT2D eigenvalue weighted by atomic mass is 10.2. The average Bonchev–Trinajstić information content (AvgIpc) is 3.03. The zero-order chi connectivity index (χ0) is 19.2. The number of likely N-dealkylation sites (N-methyl/N-ethyl adjacent to an activating group) is 1. The summed E-state index contributed by atoms with van der Waals surface area (Å²) in [6.07, 6.45) is 2.34. The van der Waals surface area contributed by atoms with Crippen LogP contribution in [-0.4, -0.2) is 44.3 Å². The van der Waals surface area contributed by atoms with E-state index in [0.29, 0.717) is 23.1 Å². The first-order valence-electron chi connectivity index (χ1n) is 7.89. The summed E-state index contributed by atoms with van der Waals surface area (Å²) in [5.41, 5.74) is 0. The van der Waals surface area contributed by atoms with E-state index in [0.717, 1.165) is 4.88 Å². The van der Waals surface area contributed by atoms with Crippen LogP contribution in [0.4, 0.5) is 0 Å². The van der Waals surface area contributed by atoms with E-state index >= 15 is 0 Å². The summed E-state index contributed by atoms with van der Waals surface area (Å²) >= 11 is 8.90. The minimum Gasteiger partial charge on any atom is -0.339 e. The van der Waals surface area contributed by atoms with Gasteiger partial charge in [-0.1, -0.05) is 29.8 Å². The second-order valence-corrected chi connectivity index (χ2v) is 10.2. The normalized spacial score (nSPS) is 12.7. The summed E-state index contributed by atoms with van der Waals surface area (Å²) < 4.78 is 28.4. The van der Waals surface area contributed by atoms with Gasteiger partial charge in [0.2, 0.25) is 15.9 Å². The number of rotatable bonds is 9. The van der Waals surface area contributed by atoms with Gasteiger partial charge in [0, 0.05) is 11.9 Å². The Bertz CT molecular complexity index is 825. The van der Waals surface area contributed by atoms with Gasteiger partial charge in [-0.25, -0.2) is 8.42 Å². The Hall–Kier alpha value is -1.06. The van der Waals surface area contributed by atoms with Crippen molar-refractivity contribution in [2.45, 2.75) is 23.9 Å². The monoisotopic (exact) mass is 432 g/mol. The van der Waals surface area contributed by atoms with Crippen LogP contribution in [0.3, 0.4) is 0 Å². The third kappa shape index (κ3) is 5.99. The first-order valence-corrected chi connectivity index (χ1v) is 12.0. The van der Waals surface area contributed by atoms with Crippen LogP contribution in [0, 0.1) is 0 Å². The molecule has 1 atom stereocenters. The van der Waals surface area contributed by atoms with Crippen molar-refractivity contribution in [3.05, 3.63) is 51.7 Å². The summed E-state index contributed by atoms with van der Waals surface area (Å²) in [5, 5.41) is 0. The number of hydrogen-bond donors (Lipinski definition) is 1. The van der Waals surface area contributed by atoms with Gasteiger partial charge >= 0.3 is 0 Å². The molecular formula is C17H21ClN2O3S3. The largest absolute Gasteiger partial charge is 0.339 e. The second-order valence-electron chi connectivity index (χ2n) is 5.67. The van der Waals surface area contributed by atoms with Crippen molar-refractivity contribution in [1.82, 2.24) is 9.62 Å². The molecule has 2 aromatic rings. The van der Waals surface area contributed by atoms with E-state index in [9.17, 15) is 13.2 Å². The standard InChI is InChI=1S/C17H21ClN2O3S3/c1-20(12-13-8-9-16(18)25-13)17(21)15(10-11-24-2)19-26(22,23)14-6-4-3-5-7-14/h3-9,15,19H,10-12H2,1-2H3. The fourth-order valence-corrected chi connectivity index (χ4v) is 5.20. The fourth-order valence-electron chi connectivity index (χ4n) is 2.34. The molecule has 26 heavy (non-hydrogen) atoms. The molecule has 1 N–H and O–H groups in total. The van der Waals surface area contributed by atoms with Crippen LogP contribution < -0.4 is 4.72 Å². The van der Waals surface area contributed by atoms with Crippen molar-refractivity contribution in [1.29, 1.82) is 0 Å². The molecule has 1 unspecified atom stereocenters. The molecule has 0 saturated carbocycles. The Kier molecular flexibility index (Phi) is 7.97. The van der Waals surface area contributed by atoms with Crippen LogP contribution in [0.15, 0.2) is 47.4 Å². The van der Waals surface area contributed by atoms with E-state index in [2.05, 4.69) is 4.72 Å². The highest BCUT2D eigenvalue weighted by molar-refractivity contribution is 7.98. The molecule has 1 heterocycles. The minimum atomic E-state index is -3.76. The van der Waals surface area contributed by atoms with E-state index in [4.69, 9.17) is 11.6 Å².